The quantitative estimate of drug-likeness (QED) is 0.876. The molecule has 2 heterocycles. The summed E-state index contributed by atoms with van der Waals surface area (Å²) in [6, 6.07) is 8.77. The number of hydrogen-bond acceptors (Lipinski definition) is 3. The second-order valence-corrected chi connectivity index (χ2v) is 4.65. The summed E-state index contributed by atoms with van der Waals surface area (Å²) in [6.07, 6.45) is 2.48. The molecule has 98 valence electrons. The van der Waals surface area contributed by atoms with Crippen LogP contribution >= 0.6 is 12.4 Å². The normalized spacial score (nSPS) is 19.8. The molecule has 0 saturated carbocycles. The Balaban J connectivity index is 0.00000120. The molecule has 4 nitrogen and oxygen atoms in total. The highest BCUT2D eigenvalue weighted by Crippen LogP contribution is 2.20. The van der Waals surface area contributed by atoms with Gasteiger partial charge in [0, 0.05) is 19.1 Å². The lowest BCUT2D eigenvalue weighted by molar-refractivity contribution is 0.446. The highest BCUT2D eigenvalue weighted by atomic mass is 35.5. The third-order valence-electron chi connectivity index (χ3n) is 3.51. The van der Waals surface area contributed by atoms with E-state index in [1.165, 1.54) is 12.8 Å². The van der Waals surface area contributed by atoms with Crippen molar-refractivity contribution in [2.45, 2.75) is 18.9 Å². The van der Waals surface area contributed by atoms with E-state index in [1.807, 2.05) is 19.2 Å². The Morgan fingerprint density at radius 1 is 1.39 bits per heavy atom. The van der Waals surface area contributed by atoms with Crippen LogP contribution in [-0.2, 0) is 0 Å². The minimum Gasteiger partial charge on any atom is -0.341 e. The first-order valence-electron chi connectivity index (χ1n) is 6.24. The van der Waals surface area contributed by atoms with Gasteiger partial charge in [-0.1, -0.05) is 12.1 Å². The maximum absolute atomic E-state index is 4.65. The maximum Gasteiger partial charge on any atom is 0.203 e. The van der Waals surface area contributed by atoms with E-state index in [4.69, 9.17) is 0 Å². The molecule has 0 spiro atoms. The van der Waals surface area contributed by atoms with E-state index in [9.17, 15) is 0 Å². The number of nitrogens with one attached hydrogen (secondary N) is 2. The Kier molecular flexibility index (Phi) is 4.09. The third kappa shape index (κ3) is 2.44. The lowest BCUT2D eigenvalue weighted by Crippen LogP contribution is -2.44. The Morgan fingerprint density at radius 3 is 3.00 bits per heavy atom. The molecule has 1 unspecified atom stereocenters. The molecular formula is C13H19ClN4. The molecular weight excluding hydrogens is 248 g/mol. The average molecular weight is 267 g/mol. The first-order valence-corrected chi connectivity index (χ1v) is 6.24. The number of aromatic nitrogens is 2. The van der Waals surface area contributed by atoms with Crippen molar-refractivity contribution in [3.8, 4) is 0 Å². The number of piperidine rings is 1. The van der Waals surface area contributed by atoms with E-state index in [0.717, 1.165) is 30.1 Å². The molecule has 1 aliphatic rings. The van der Waals surface area contributed by atoms with Gasteiger partial charge in [-0.25, -0.2) is 4.98 Å². The number of benzene rings is 1. The van der Waals surface area contributed by atoms with Crippen LogP contribution in [0.1, 0.15) is 12.8 Å². The number of hydrogen-bond donors (Lipinski definition) is 2. The molecule has 2 N–H and O–H groups in total. The van der Waals surface area contributed by atoms with Crippen LogP contribution in [0.15, 0.2) is 24.3 Å². The Bertz CT molecular complexity index is 477. The van der Waals surface area contributed by atoms with E-state index in [0.29, 0.717) is 6.04 Å². The fourth-order valence-electron chi connectivity index (χ4n) is 2.49. The molecule has 18 heavy (non-hydrogen) atoms. The molecule has 5 heteroatoms. The van der Waals surface area contributed by atoms with Crippen LogP contribution in [0, 0.1) is 0 Å². The van der Waals surface area contributed by atoms with E-state index < -0.39 is 0 Å². The van der Waals surface area contributed by atoms with Crippen LogP contribution in [0.2, 0.25) is 0 Å². The minimum atomic E-state index is 0. The fourth-order valence-corrected chi connectivity index (χ4v) is 2.49. The first kappa shape index (κ1) is 13.2. The summed E-state index contributed by atoms with van der Waals surface area (Å²) in [4.78, 5) is 10.4. The van der Waals surface area contributed by atoms with Gasteiger partial charge in [0.2, 0.25) is 5.95 Å². The monoisotopic (exact) mass is 266 g/mol. The molecule has 1 fully saturated rings. The van der Waals surface area contributed by atoms with Crippen LogP contribution in [0.3, 0.4) is 0 Å². The summed E-state index contributed by atoms with van der Waals surface area (Å²) in [5, 5.41) is 3.35. The molecule has 0 amide bonds. The topological polar surface area (TPSA) is 44.0 Å². The zero-order chi connectivity index (χ0) is 11.7. The van der Waals surface area contributed by atoms with Gasteiger partial charge in [-0.05, 0) is 32.0 Å². The minimum absolute atomic E-state index is 0. The largest absolute Gasteiger partial charge is 0.341 e. The molecule has 0 aliphatic carbocycles. The zero-order valence-electron chi connectivity index (χ0n) is 10.5. The van der Waals surface area contributed by atoms with Crippen LogP contribution in [-0.4, -0.2) is 36.1 Å². The molecule has 0 bridgehead atoms. The van der Waals surface area contributed by atoms with Crippen molar-refractivity contribution in [3.05, 3.63) is 24.3 Å². The van der Waals surface area contributed by atoms with E-state index in [-0.39, 0.29) is 12.4 Å². The number of fused-ring (bicyclic) bond motifs is 1. The summed E-state index contributed by atoms with van der Waals surface area (Å²) in [6.45, 7) is 2.13. The first-order chi connectivity index (χ1) is 8.36. The van der Waals surface area contributed by atoms with E-state index in [2.05, 4.69) is 32.3 Å². The average Bonchev–Trinajstić information content (AvgIpc) is 2.82. The van der Waals surface area contributed by atoms with Gasteiger partial charge in [0.15, 0.2) is 0 Å². The Labute approximate surface area is 113 Å². The summed E-state index contributed by atoms with van der Waals surface area (Å²) >= 11 is 0. The smallest absolute Gasteiger partial charge is 0.203 e. The lowest BCUT2D eigenvalue weighted by atomic mass is 10.1. The van der Waals surface area contributed by atoms with Crippen LogP contribution in [0.5, 0.6) is 0 Å². The van der Waals surface area contributed by atoms with Crippen molar-refractivity contribution in [1.82, 2.24) is 15.3 Å². The predicted molar refractivity (Wildman–Crippen MR) is 77.6 cm³/mol. The lowest BCUT2D eigenvalue weighted by Gasteiger charge is -2.32. The van der Waals surface area contributed by atoms with Gasteiger partial charge < -0.3 is 15.2 Å². The number of H-pyrrole nitrogens is 1. The Morgan fingerprint density at radius 2 is 2.22 bits per heavy atom. The van der Waals surface area contributed by atoms with Crippen LogP contribution in [0.25, 0.3) is 11.0 Å². The molecule has 1 saturated heterocycles. The van der Waals surface area contributed by atoms with Gasteiger partial charge in [0.05, 0.1) is 11.0 Å². The van der Waals surface area contributed by atoms with Crippen molar-refractivity contribution in [2.24, 2.45) is 0 Å². The molecule has 0 radical (unpaired) electrons. The maximum atomic E-state index is 4.65. The van der Waals surface area contributed by atoms with Gasteiger partial charge >= 0.3 is 0 Å². The van der Waals surface area contributed by atoms with Gasteiger partial charge in [0.1, 0.15) is 0 Å². The zero-order valence-corrected chi connectivity index (χ0v) is 11.3. The SMILES string of the molecule is CNC1CCCN(c2nc3ccccc3[nH]2)C1.Cl. The number of anilines is 1. The fraction of sp³-hybridized carbons (Fsp3) is 0.462. The summed E-state index contributed by atoms with van der Waals surface area (Å²) in [5.41, 5.74) is 2.17. The summed E-state index contributed by atoms with van der Waals surface area (Å²) < 4.78 is 0. The number of para-hydroxylation sites is 2. The Hall–Kier alpha value is -1.26. The van der Waals surface area contributed by atoms with Crippen LogP contribution in [0.4, 0.5) is 5.95 Å². The third-order valence-corrected chi connectivity index (χ3v) is 3.51. The van der Waals surface area contributed by atoms with Crippen LogP contribution < -0.4 is 10.2 Å². The summed E-state index contributed by atoms with van der Waals surface area (Å²) in [5.74, 6) is 1.01. The van der Waals surface area contributed by atoms with Gasteiger partial charge in [-0.2, -0.15) is 0 Å². The molecule has 1 aromatic carbocycles. The number of nitrogens with zero attached hydrogens (tertiary/aromatic N) is 2. The second-order valence-electron chi connectivity index (χ2n) is 4.65. The standard InChI is InChI=1S/C13H18N4.ClH/c1-14-10-5-4-8-17(9-10)13-15-11-6-2-3-7-12(11)16-13;/h2-3,6-7,10,14H,4-5,8-9H2,1H3,(H,15,16);1H. The van der Waals surface area contributed by atoms with E-state index in [1.54, 1.807) is 0 Å². The predicted octanol–water partition coefficient (Wildman–Crippen LogP) is 2.17. The molecule has 1 aliphatic heterocycles. The number of imidazole rings is 1. The molecule has 2 aromatic rings. The molecule has 1 aromatic heterocycles. The number of aromatic amines is 1. The molecule has 3 rings (SSSR count). The summed E-state index contributed by atoms with van der Waals surface area (Å²) in [7, 11) is 2.03. The highest BCUT2D eigenvalue weighted by Gasteiger charge is 2.20. The van der Waals surface area contributed by atoms with E-state index >= 15 is 0 Å². The highest BCUT2D eigenvalue weighted by molar-refractivity contribution is 5.85. The van der Waals surface area contributed by atoms with Gasteiger partial charge in [0.25, 0.3) is 0 Å². The second kappa shape index (κ2) is 5.59. The number of likely N-dealkylation sites (N-methyl/N-ethyl adjacent to an activating group) is 1. The van der Waals surface area contributed by atoms with Gasteiger partial charge in [-0.15, -0.1) is 12.4 Å². The van der Waals surface area contributed by atoms with Crippen molar-refractivity contribution in [1.29, 1.82) is 0 Å². The van der Waals surface area contributed by atoms with Crippen molar-refractivity contribution in [2.75, 3.05) is 25.0 Å². The van der Waals surface area contributed by atoms with Crippen molar-refractivity contribution < 1.29 is 0 Å². The van der Waals surface area contributed by atoms with Gasteiger partial charge in [-0.3, -0.25) is 0 Å². The number of rotatable bonds is 2. The van der Waals surface area contributed by atoms with Crippen molar-refractivity contribution >= 4 is 29.4 Å². The van der Waals surface area contributed by atoms with Crippen molar-refractivity contribution in [3.63, 3.8) is 0 Å². The molecule has 1 atom stereocenters. The number of halogens is 1.